The summed E-state index contributed by atoms with van der Waals surface area (Å²) < 4.78 is 0. The van der Waals surface area contributed by atoms with Crippen LogP contribution in [0.15, 0.2) is 18.2 Å². The summed E-state index contributed by atoms with van der Waals surface area (Å²) in [5, 5.41) is 11.3. The van der Waals surface area contributed by atoms with Crippen LogP contribution in [0.25, 0.3) is 0 Å². The molecule has 0 saturated carbocycles. The lowest BCUT2D eigenvalue weighted by Crippen LogP contribution is -2.28. The fourth-order valence-corrected chi connectivity index (χ4v) is 1.55. The third-order valence-electron chi connectivity index (χ3n) is 2.54. The van der Waals surface area contributed by atoms with Gasteiger partial charge in [-0.1, -0.05) is 17.9 Å². The van der Waals surface area contributed by atoms with Crippen LogP contribution in [-0.2, 0) is 4.79 Å². The summed E-state index contributed by atoms with van der Waals surface area (Å²) in [6.45, 7) is 1.76. The quantitative estimate of drug-likeness (QED) is 0.662. The SMILES string of the molecule is Cc1c(C#CCO)cccc1C(=O)NCCC(N)=O. The summed E-state index contributed by atoms with van der Waals surface area (Å²) in [6.07, 6.45) is 0.106. The summed E-state index contributed by atoms with van der Waals surface area (Å²) in [5.41, 5.74) is 6.92. The number of nitrogens with two attached hydrogens (primary N) is 1. The number of carbonyl (C=O) groups is 2. The van der Waals surface area contributed by atoms with E-state index in [-0.39, 0.29) is 25.5 Å². The zero-order valence-corrected chi connectivity index (χ0v) is 10.7. The summed E-state index contributed by atoms with van der Waals surface area (Å²) in [4.78, 5) is 22.5. The van der Waals surface area contributed by atoms with Crippen LogP contribution >= 0.6 is 0 Å². The first kappa shape index (κ1) is 14.7. The average molecular weight is 260 g/mol. The van der Waals surface area contributed by atoms with Gasteiger partial charge >= 0.3 is 0 Å². The molecule has 0 bridgehead atoms. The third-order valence-corrected chi connectivity index (χ3v) is 2.54. The maximum atomic E-state index is 11.9. The van der Waals surface area contributed by atoms with Gasteiger partial charge in [0.1, 0.15) is 6.61 Å². The molecule has 0 heterocycles. The van der Waals surface area contributed by atoms with Crippen LogP contribution in [0.3, 0.4) is 0 Å². The molecule has 2 amide bonds. The van der Waals surface area contributed by atoms with Gasteiger partial charge < -0.3 is 16.2 Å². The zero-order valence-electron chi connectivity index (χ0n) is 10.7. The molecule has 1 aromatic carbocycles. The van der Waals surface area contributed by atoms with Gasteiger partial charge in [0.25, 0.3) is 5.91 Å². The number of nitrogens with one attached hydrogen (secondary N) is 1. The first-order chi connectivity index (χ1) is 9.06. The molecule has 1 rings (SSSR count). The molecule has 5 nitrogen and oxygen atoms in total. The molecule has 0 aromatic heterocycles. The van der Waals surface area contributed by atoms with Gasteiger partial charge in [-0.25, -0.2) is 0 Å². The zero-order chi connectivity index (χ0) is 14.3. The number of benzene rings is 1. The molecule has 0 aliphatic carbocycles. The van der Waals surface area contributed by atoms with E-state index in [1.54, 1.807) is 25.1 Å². The molecular weight excluding hydrogens is 244 g/mol. The standard InChI is InChI=1S/C14H16N2O3/c1-10-11(5-3-9-17)4-2-6-12(10)14(19)16-8-7-13(15)18/h2,4,6,17H,7-9H2,1H3,(H2,15,18)(H,16,19). The molecule has 100 valence electrons. The van der Waals surface area contributed by atoms with E-state index in [9.17, 15) is 9.59 Å². The molecule has 0 atom stereocenters. The van der Waals surface area contributed by atoms with Crippen molar-refractivity contribution in [2.75, 3.05) is 13.2 Å². The number of aliphatic hydroxyl groups excluding tert-OH is 1. The van der Waals surface area contributed by atoms with Gasteiger partial charge in [0, 0.05) is 24.1 Å². The molecule has 0 aliphatic heterocycles. The fourth-order valence-electron chi connectivity index (χ4n) is 1.55. The van der Waals surface area contributed by atoms with E-state index in [0.717, 1.165) is 5.56 Å². The summed E-state index contributed by atoms with van der Waals surface area (Å²) in [7, 11) is 0. The van der Waals surface area contributed by atoms with Crippen molar-refractivity contribution in [3.8, 4) is 11.8 Å². The van der Waals surface area contributed by atoms with Crippen molar-refractivity contribution in [2.24, 2.45) is 5.73 Å². The van der Waals surface area contributed by atoms with Gasteiger partial charge in [0.15, 0.2) is 0 Å². The highest BCUT2D eigenvalue weighted by molar-refractivity contribution is 5.96. The van der Waals surface area contributed by atoms with Gasteiger partial charge in [0.05, 0.1) is 0 Å². The van der Waals surface area contributed by atoms with E-state index >= 15 is 0 Å². The Morgan fingerprint density at radius 2 is 2.16 bits per heavy atom. The number of hydrogen-bond donors (Lipinski definition) is 3. The van der Waals surface area contributed by atoms with Gasteiger partial charge in [-0.05, 0) is 24.6 Å². The number of amides is 2. The second kappa shape index (κ2) is 7.19. The molecule has 19 heavy (non-hydrogen) atoms. The topological polar surface area (TPSA) is 92.4 Å². The van der Waals surface area contributed by atoms with Crippen LogP contribution in [0.5, 0.6) is 0 Å². The van der Waals surface area contributed by atoms with Crippen molar-refractivity contribution in [1.82, 2.24) is 5.32 Å². The van der Waals surface area contributed by atoms with Crippen LogP contribution in [0.1, 0.15) is 27.9 Å². The minimum Gasteiger partial charge on any atom is -0.384 e. The molecule has 0 spiro atoms. The van der Waals surface area contributed by atoms with E-state index in [1.165, 1.54) is 0 Å². The molecule has 0 unspecified atom stereocenters. The van der Waals surface area contributed by atoms with Gasteiger partial charge in [-0.15, -0.1) is 0 Å². The van der Waals surface area contributed by atoms with E-state index in [4.69, 9.17) is 10.8 Å². The molecule has 0 aliphatic rings. The maximum absolute atomic E-state index is 11.9. The monoisotopic (exact) mass is 260 g/mol. The lowest BCUT2D eigenvalue weighted by Gasteiger charge is -2.08. The Hall–Kier alpha value is -2.32. The third kappa shape index (κ3) is 4.45. The number of rotatable bonds is 4. The Morgan fingerprint density at radius 1 is 1.42 bits per heavy atom. The first-order valence-corrected chi connectivity index (χ1v) is 5.82. The van der Waals surface area contributed by atoms with Crippen molar-refractivity contribution in [3.63, 3.8) is 0 Å². The summed E-state index contributed by atoms with van der Waals surface area (Å²) in [5.74, 6) is 4.59. The number of carbonyl (C=O) groups excluding carboxylic acids is 2. The minimum atomic E-state index is -0.459. The molecule has 0 radical (unpaired) electrons. The Kier molecular flexibility index (Phi) is 5.58. The molecule has 0 fully saturated rings. The van der Waals surface area contributed by atoms with Crippen LogP contribution < -0.4 is 11.1 Å². The van der Waals surface area contributed by atoms with Crippen molar-refractivity contribution in [2.45, 2.75) is 13.3 Å². The summed E-state index contributed by atoms with van der Waals surface area (Å²) in [6, 6.07) is 5.18. The normalized spacial score (nSPS) is 9.37. The maximum Gasteiger partial charge on any atom is 0.251 e. The van der Waals surface area contributed by atoms with Crippen LogP contribution in [0, 0.1) is 18.8 Å². The first-order valence-electron chi connectivity index (χ1n) is 5.82. The van der Waals surface area contributed by atoms with Crippen LogP contribution in [-0.4, -0.2) is 30.1 Å². The number of primary amides is 1. The van der Waals surface area contributed by atoms with Gasteiger partial charge in [0.2, 0.25) is 5.91 Å². The highest BCUT2D eigenvalue weighted by Crippen LogP contribution is 2.12. The predicted octanol–water partition coefficient (Wildman–Crippen LogP) is -0.0560. The van der Waals surface area contributed by atoms with Crippen molar-refractivity contribution < 1.29 is 14.7 Å². The second-order valence-corrected chi connectivity index (χ2v) is 3.91. The smallest absolute Gasteiger partial charge is 0.251 e. The van der Waals surface area contributed by atoms with Crippen LogP contribution in [0.4, 0.5) is 0 Å². The predicted molar refractivity (Wildman–Crippen MR) is 71.3 cm³/mol. The largest absolute Gasteiger partial charge is 0.384 e. The second-order valence-electron chi connectivity index (χ2n) is 3.91. The van der Waals surface area contributed by atoms with E-state index in [1.807, 2.05) is 0 Å². The Balaban J connectivity index is 2.83. The van der Waals surface area contributed by atoms with Gasteiger partial charge in [-0.3, -0.25) is 9.59 Å². The number of hydrogen-bond acceptors (Lipinski definition) is 3. The molecule has 5 heteroatoms. The Bertz CT molecular complexity index is 541. The Morgan fingerprint density at radius 3 is 2.79 bits per heavy atom. The Labute approximate surface area is 111 Å². The van der Waals surface area contributed by atoms with E-state index in [2.05, 4.69) is 17.2 Å². The van der Waals surface area contributed by atoms with Crippen molar-refractivity contribution in [3.05, 3.63) is 34.9 Å². The van der Waals surface area contributed by atoms with Crippen molar-refractivity contribution >= 4 is 11.8 Å². The lowest BCUT2D eigenvalue weighted by molar-refractivity contribution is -0.117. The summed E-state index contributed by atoms with van der Waals surface area (Å²) >= 11 is 0. The lowest BCUT2D eigenvalue weighted by atomic mass is 10.0. The molecule has 1 aromatic rings. The average Bonchev–Trinajstić information content (AvgIpc) is 2.37. The van der Waals surface area contributed by atoms with Gasteiger partial charge in [-0.2, -0.15) is 0 Å². The highest BCUT2D eigenvalue weighted by Gasteiger charge is 2.10. The van der Waals surface area contributed by atoms with E-state index < -0.39 is 5.91 Å². The van der Waals surface area contributed by atoms with Crippen LogP contribution in [0.2, 0.25) is 0 Å². The fraction of sp³-hybridized carbons (Fsp3) is 0.286. The molecular formula is C14H16N2O3. The minimum absolute atomic E-state index is 0.106. The van der Waals surface area contributed by atoms with Crippen molar-refractivity contribution in [1.29, 1.82) is 0 Å². The van der Waals surface area contributed by atoms with E-state index in [0.29, 0.717) is 11.1 Å². The number of aliphatic hydroxyl groups is 1. The molecule has 4 N–H and O–H groups in total. The highest BCUT2D eigenvalue weighted by atomic mass is 16.2. The molecule has 0 saturated heterocycles.